The van der Waals surface area contributed by atoms with Gasteiger partial charge in [0, 0.05) is 11.4 Å². The summed E-state index contributed by atoms with van der Waals surface area (Å²) in [6.07, 6.45) is 0. The number of nitrogens with zero attached hydrogens (tertiary/aromatic N) is 1. The van der Waals surface area contributed by atoms with Gasteiger partial charge in [-0.1, -0.05) is 23.9 Å². The predicted molar refractivity (Wildman–Crippen MR) is 133 cm³/mol. The minimum absolute atomic E-state index is 0.0494. The highest BCUT2D eigenvalue weighted by molar-refractivity contribution is 7.99. The van der Waals surface area contributed by atoms with E-state index in [-0.39, 0.29) is 21.8 Å². The van der Waals surface area contributed by atoms with Gasteiger partial charge in [-0.25, -0.2) is 13.4 Å². The van der Waals surface area contributed by atoms with Crippen LogP contribution in [0.15, 0.2) is 75.2 Å². The lowest BCUT2D eigenvalue weighted by Gasteiger charge is -2.08. The highest BCUT2D eigenvalue weighted by atomic mass is 32.2. The van der Waals surface area contributed by atoms with Gasteiger partial charge in [0.15, 0.2) is 5.58 Å². The monoisotopic (exact) mass is 497 g/mol. The average molecular weight is 498 g/mol. The molecule has 4 rings (SSSR count). The van der Waals surface area contributed by atoms with E-state index in [0.29, 0.717) is 22.5 Å². The van der Waals surface area contributed by atoms with Crippen LogP contribution in [0.5, 0.6) is 5.75 Å². The van der Waals surface area contributed by atoms with Crippen LogP contribution in [0.4, 0.5) is 11.4 Å². The van der Waals surface area contributed by atoms with Crippen molar-refractivity contribution in [3.63, 3.8) is 0 Å². The van der Waals surface area contributed by atoms with Crippen molar-refractivity contribution in [3.05, 3.63) is 71.8 Å². The number of rotatable bonds is 8. The number of fused-ring (bicyclic) bond motifs is 1. The first-order chi connectivity index (χ1) is 16.2. The van der Waals surface area contributed by atoms with Crippen molar-refractivity contribution in [3.8, 4) is 5.75 Å². The van der Waals surface area contributed by atoms with Gasteiger partial charge in [-0.3, -0.25) is 9.52 Å². The molecule has 1 aromatic heterocycles. The highest BCUT2D eigenvalue weighted by Crippen LogP contribution is 2.27. The van der Waals surface area contributed by atoms with Crippen LogP contribution in [0.3, 0.4) is 0 Å². The Morgan fingerprint density at radius 1 is 1.06 bits per heavy atom. The van der Waals surface area contributed by atoms with Gasteiger partial charge in [0.1, 0.15) is 11.3 Å². The lowest BCUT2D eigenvalue weighted by atomic mass is 10.1. The second-order valence-corrected chi connectivity index (χ2v) is 10.2. The number of oxazole rings is 1. The number of thioether (sulfide) groups is 1. The van der Waals surface area contributed by atoms with Crippen molar-refractivity contribution in [1.29, 1.82) is 0 Å². The molecular weight excluding hydrogens is 474 g/mol. The van der Waals surface area contributed by atoms with Crippen LogP contribution in [-0.4, -0.2) is 32.2 Å². The standard InChI is InChI=1S/C24H23N3O5S2/c1-15-4-5-16(2)20(12-15)25-23(28)14-33-24-26-21-13-19(10-11-22(21)32-24)34(29,30)27-17-6-8-18(31-3)9-7-17/h4-13,27H,14H2,1-3H3,(H,25,28). The molecule has 0 radical (unpaired) electrons. The van der Waals surface area contributed by atoms with Gasteiger partial charge in [-0.05, 0) is 73.5 Å². The zero-order chi connectivity index (χ0) is 24.3. The topological polar surface area (TPSA) is 111 Å². The van der Waals surface area contributed by atoms with Crippen molar-refractivity contribution in [1.82, 2.24) is 4.98 Å². The number of aryl methyl sites for hydroxylation is 2. The molecule has 176 valence electrons. The normalized spacial score (nSPS) is 11.4. The number of ether oxygens (including phenoxy) is 1. The molecule has 3 aromatic carbocycles. The molecular formula is C24H23N3O5S2. The third-order valence-corrected chi connectivity index (χ3v) is 7.19. The number of aromatic nitrogens is 1. The molecule has 0 saturated heterocycles. The van der Waals surface area contributed by atoms with Crippen LogP contribution >= 0.6 is 11.8 Å². The minimum atomic E-state index is -3.83. The second-order valence-electron chi connectivity index (χ2n) is 7.60. The summed E-state index contributed by atoms with van der Waals surface area (Å²) in [4.78, 5) is 16.8. The number of carbonyl (C=O) groups excluding carboxylic acids is 1. The molecule has 0 bridgehead atoms. The number of sulfonamides is 1. The Bertz CT molecular complexity index is 1450. The molecule has 0 fully saturated rings. The molecule has 0 aliphatic heterocycles. The third-order valence-electron chi connectivity index (χ3n) is 4.99. The highest BCUT2D eigenvalue weighted by Gasteiger charge is 2.17. The molecule has 0 aliphatic carbocycles. The number of benzene rings is 3. The quantitative estimate of drug-likeness (QED) is 0.330. The fourth-order valence-corrected chi connectivity index (χ4v) is 4.89. The van der Waals surface area contributed by atoms with E-state index < -0.39 is 10.0 Å². The molecule has 1 heterocycles. The summed E-state index contributed by atoms with van der Waals surface area (Å²) < 4.78 is 38.9. The molecule has 0 atom stereocenters. The van der Waals surface area contributed by atoms with Crippen LogP contribution in [0, 0.1) is 13.8 Å². The van der Waals surface area contributed by atoms with Gasteiger partial charge in [-0.15, -0.1) is 0 Å². The average Bonchev–Trinajstić information content (AvgIpc) is 3.23. The van der Waals surface area contributed by atoms with Gasteiger partial charge in [0.2, 0.25) is 5.91 Å². The van der Waals surface area contributed by atoms with Crippen LogP contribution in [-0.2, 0) is 14.8 Å². The minimum Gasteiger partial charge on any atom is -0.497 e. The molecule has 8 nitrogen and oxygen atoms in total. The number of hydrogen-bond donors (Lipinski definition) is 2. The number of amides is 1. The molecule has 0 spiro atoms. The van der Waals surface area contributed by atoms with E-state index in [1.54, 1.807) is 30.3 Å². The van der Waals surface area contributed by atoms with Crippen molar-refractivity contribution < 1.29 is 22.4 Å². The van der Waals surface area contributed by atoms with Crippen molar-refractivity contribution in [2.24, 2.45) is 0 Å². The van der Waals surface area contributed by atoms with E-state index in [9.17, 15) is 13.2 Å². The van der Waals surface area contributed by atoms with E-state index in [4.69, 9.17) is 9.15 Å². The molecule has 1 amide bonds. The summed E-state index contributed by atoms with van der Waals surface area (Å²) in [5.74, 6) is 0.539. The summed E-state index contributed by atoms with van der Waals surface area (Å²) in [5.41, 5.74) is 4.02. The predicted octanol–water partition coefficient (Wildman–Crippen LogP) is 4.98. The maximum Gasteiger partial charge on any atom is 0.261 e. The molecule has 0 saturated carbocycles. The number of methoxy groups -OCH3 is 1. The fourth-order valence-electron chi connectivity index (χ4n) is 3.17. The van der Waals surface area contributed by atoms with E-state index in [0.717, 1.165) is 28.6 Å². The Hall–Kier alpha value is -3.50. The first-order valence-electron chi connectivity index (χ1n) is 10.3. The van der Waals surface area contributed by atoms with E-state index in [1.165, 1.54) is 19.2 Å². The fraction of sp³-hybridized carbons (Fsp3) is 0.167. The number of anilines is 2. The van der Waals surface area contributed by atoms with E-state index >= 15 is 0 Å². The van der Waals surface area contributed by atoms with Crippen LogP contribution in [0.1, 0.15) is 11.1 Å². The maximum absolute atomic E-state index is 12.8. The lowest BCUT2D eigenvalue weighted by molar-refractivity contribution is -0.113. The Morgan fingerprint density at radius 3 is 2.56 bits per heavy atom. The Balaban J connectivity index is 1.44. The van der Waals surface area contributed by atoms with Gasteiger partial charge in [-0.2, -0.15) is 0 Å². The van der Waals surface area contributed by atoms with E-state index in [2.05, 4.69) is 15.0 Å². The summed E-state index contributed by atoms with van der Waals surface area (Å²) in [7, 11) is -2.29. The lowest BCUT2D eigenvalue weighted by Crippen LogP contribution is -2.14. The Labute approximate surface area is 201 Å². The Kier molecular flexibility index (Phi) is 6.80. The van der Waals surface area contributed by atoms with Crippen LogP contribution in [0.25, 0.3) is 11.1 Å². The summed E-state index contributed by atoms with van der Waals surface area (Å²) in [6.45, 7) is 3.89. The number of hydrogen-bond acceptors (Lipinski definition) is 7. The SMILES string of the molecule is COc1ccc(NS(=O)(=O)c2ccc3oc(SCC(=O)Nc4cc(C)ccc4C)nc3c2)cc1. The number of carbonyl (C=O) groups is 1. The van der Waals surface area contributed by atoms with Crippen LogP contribution in [0.2, 0.25) is 0 Å². The van der Waals surface area contributed by atoms with E-state index in [1.807, 2.05) is 32.0 Å². The molecule has 10 heteroatoms. The zero-order valence-electron chi connectivity index (χ0n) is 18.8. The summed E-state index contributed by atoms with van der Waals surface area (Å²) in [6, 6.07) is 16.8. The third kappa shape index (κ3) is 5.52. The van der Waals surface area contributed by atoms with Crippen molar-refractivity contribution in [2.75, 3.05) is 22.9 Å². The first-order valence-corrected chi connectivity index (χ1v) is 12.8. The summed E-state index contributed by atoms with van der Waals surface area (Å²) in [5, 5.41) is 3.17. The smallest absolute Gasteiger partial charge is 0.261 e. The van der Waals surface area contributed by atoms with Gasteiger partial charge in [0.05, 0.1) is 17.8 Å². The second kappa shape index (κ2) is 9.78. The molecule has 0 aliphatic rings. The van der Waals surface area contributed by atoms with Crippen molar-refractivity contribution >= 4 is 50.2 Å². The number of nitrogens with one attached hydrogen (secondary N) is 2. The maximum atomic E-state index is 12.8. The van der Waals surface area contributed by atoms with Crippen molar-refractivity contribution in [2.45, 2.75) is 24.0 Å². The molecule has 2 N–H and O–H groups in total. The summed E-state index contributed by atoms with van der Waals surface area (Å²) >= 11 is 1.14. The Morgan fingerprint density at radius 2 is 1.82 bits per heavy atom. The zero-order valence-corrected chi connectivity index (χ0v) is 20.4. The largest absolute Gasteiger partial charge is 0.497 e. The molecule has 4 aromatic rings. The van der Waals surface area contributed by atoms with Gasteiger partial charge in [0.25, 0.3) is 15.2 Å². The first kappa shape index (κ1) is 23.7. The molecule has 0 unspecified atom stereocenters. The molecule has 34 heavy (non-hydrogen) atoms. The van der Waals surface area contributed by atoms with Gasteiger partial charge >= 0.3 is 0 Å². The van der Waals surface area contributed by atoms with Crippen LogP contribution < -0.4 is 14.8 Å². The van der Waals surface area contributed by atoms with Gasteiger partial charge < -0.3 is 14.5 Å².